The van der Waals surface area contributed by atoms with Crippen LogP contribution in [0, 0.1) is 5.41 Å². The summed E-state index contributed by atoms with van der Waals surface area (Å²) in [5.74, 6) is -0.560. The second-order valence-corrected chi connectivity index (χ2v) is 4.58. The lowest BCUT2D eigenvalue weighted by molar-refractivity contribution is -0.162. The van der Waals surface area contributed by atoms with Gasteiger partial charge in [0.25, 0.3) is 0 Å². The lowest BCUT2D eigenvalue weighted by Crippen LogP contribution is -2.32. The van der Waals surface area contributed by atoms with Crippen LogP contribution in [-0.4, -0.2) is 24.1 Å². The molecule has 2 atom stereocenters. The van der Waals surface area contributed by atoms with Gasteiger partial charge < -0.3 is 9.47 Å². The average molecular weight is 214 g/mol. The highest BCUT2D eigenvalue weighted by Gasteiger charge is 2.37. The van der Waals surface area contributed by atoms with Crippen LogP contribution in [0.2, 0.25) is 0 Å². The molecule has 0 bridgehead atoms. The van der Waals surface area contributed by atoms with Gasteiger partial charge in [-0.05, 0) is 27.2 Å². The van der Waals surface area contributed by atoms with Gasteiger partial charge in [0.1, 0.15) is 12.2 Å². The minimum absolute atomic E-state index is 0.173. The number of ether oxygens (including phenoxy) is 2. The first kappa shape index (κ1) is 12.0. The van der Waals surface area contributed by atoms with Gasteiger partial charge in [-0.2, -0.15) is 0 Å². The second-order valence-electron chi connectivity index (χ2n) is 4.58. The zero-order chi connectivity index (χ0) is 11.6. The molecule has 0 aromatic heterocycles. The molecule has 0 spiro atoms. The number of cyclic esters (lactones) is 1. The fourth-order valence-electron chi connectivity index (χ4n) is 1.24. The van der Waals surface area contributed by atoms with Crippen LogP contribution in [0.1, 0.15) is 40.5 Å². The summed E-state index contributed by atoms with van der Waals surface area (Å²) in [6.07, 6.45) is 0.138. The lowest BCUT2D eigenvalue weighted by atomic mass is 9.90. The Bertz CT molecular complexity index is 270. The van der Waals surface area contributed by atoms with E-state index in [-0.39, 0.29) is 24.5 Å². The van der Waals surface area contributed by atoms with Crippen molar-refractivity contribution in [2.45, 2.75) is 52.7 Å². The van der Waals surface area contributed by atoms with Gasteiger partial charge in [-0.3, -0.25) is 9.59 Å². The Hall–Kier alpha value is -1.06. The van der Waals surface area contributed by atoms with Crippen LogP contribution in [0.4, 0.5) is 0 Å². The number of hydrogen-bond acceptors (Lipinski definition) is 4. The first-order valence-corrected chi connectivity index (χ1v) is 5.27. The summed E-state index contributed by atoms with van der Waals surface area (Å²) in [5.41, 5.74) is -0.495. The van der Waals surface area contributed by atoms with Crippen molar-refractivity contribution >= 4 is 11.9 Å². The van der Waals surface area contributed by atoms with Crippen LogP contribution in [0.3, 0.4) is 0 Å². The molecule has 0 amide bonds. The van der Waals surface area contributed by atoms with Gasteiger partial charge in [0.2, 0.25) is 0 Å². The molecule has 4 heteroatoms. The van der Waals surface area contributed by atoms with Crippen LogP contribution in [-0.2, 0) is 19.1 Å². The molecule has 15 heavy (non-hydrogen) atoms. The molecule has 0 aliphatic carbocycles. The van der Waals surface area contributed by atoms with E-state index in [1.165, 1.54) is 0 Å². The van der Waals surface area contributed by atoms with Crippen LogP contribution >= 0.6 is 0 Å². The Morgan fingerprint density at radius 2 is 2.20 bits per heavy atom. The lowest BCUT2D eigenvalue weighted by Gasteiger charge is -2.23. The molecule has 0 saturated carbocycles. The average Bonchev–Trinajstić information content (AvgIpc) is 2.45. The summed E-state index contributed by atoms with van der Waals surface area (Å²) in [6, 6.07) is 0. The normalized spacial score (nSPS) is 26.3. The summed E-state index contributed by atoms with van der Waals surface area (Å²) in [5, 5.41) is 0. The summed E-state index contributed by atoms with van der Waals surface area (Å²) < 4.78 is 10.2. The fourth-order valence-corrected chi connectivity index (χ4v) is 1.24. The number of esters is 2. The van der Waals surface area contributed by atoms with E-state index in [4.69, 9.17) is 9.47 Å². The number of rotatable bonds is 3. The standard InChI is InChI=1S/C11H18O4/c1-5-11(3,4)10(13)15-8-6-9(12)14-7(8)2/h7-8H,5-6H2,1-4H3. The molecule has 1 saturated heterocycles. The van der Waals surface area contributed by atoms with E-state index in [0.29, 0.717) is 6.42 Å². The summed E-state index contributed by atoms with van der Waals surface area (Å²) >= 11 is 0. The molecule has 0 radical (unpaired) electrons. The fraction of sp³-hybridized carbons (Fsp3) is 0.818. The zero-order valence-electron chi connectivity index (χ0n) is 9.70. The van der Waals surface area contributed by atoms with Crippen molar-refractivity contribution in [2.24, 2.45) is 5.41 Å². The largest absolute Gasteiger partial charge is 0.459 e. The van der Waals surface area contributed by atoms with Gasteiger partial charge in [0, 0.05) is 0 Å². The van der Waals surface area contributed by atoms with Crippen molar-refractivity contribution in [2.75, 3.05) is 0 Å². The van der Waals surface area contributed by atoms with E-state index in [9.17, 15) is 9.59 Å². The zero-order valence-corrected chi connectivity index (χ0v) is 9.70. The predicted octanol–water partition coefficient (Wildman–Crippen LogP) is 1.67. The third-order valence-corrected chi connectivity index (χ3v) is 2.90. The van der Waals surface area contributed by atoms with Crippen molar-refractivity contribution < 1.29 is 19.1 Å². The summed E-state index contributed by atoms with van der Waals surface area (Å²) in [6.45, 7) is 7.33. The van der Waals surface area contributed by atoms with Crippen molar-refractivity contribution in [1.29, 1.82) is 0 Å². The summed E-state index contributed by atoms with van der Waals surface area (Å²) in [4.78, 5) is 22.7. The molecule has 4 nitrogen and oxygen atoms in total. The maximum atomic E-state index is 11.7. The first-order chi connectivity index (χ1) is 6.86. The van der Waals surface area contributed by atoms with E-state index < -0.39 is 11.5 Å². The third-order valence-electron chi connectivity index (χ3n) is 2.90. The Kier molecular flexibility index (Phi) is 3.37. The Labute approximate surface area is 89.9 Å². The molecule has 1 rings (SSSR count). The molecule has 1 aliphatic heterocycles. The third kappa shape index (κ3) is 2.70. The molecule has 0 aromatic carbocycles. The highest BCUT2D eigenvalue weighted by atomic mass is 16.6. The molecule has 0 N–H and O–H groups in total. The minimum Gasteiger partial charge on any atom is -0.459 e. The molecule has 86 valence electrons. The minimum atomic E-state index is -0.495. The molecular weight excluding hydrogens is 196 g/mol. The molecule has 2 unspecified atom stereocenters. The monoisotopic (exact) mass is 214 g/mol. The number of carbonyl (C=O) groups is 2. The van der Waals surface area contributed by atoms with Crippen molar-refractivity contribution in [1.82, 2.24) is 0 Å². The van der Waals surface area contributed by atoms with Gasteiger partial charge in [-0.1, -0.05) is 6.92 Å². The van der Waals surface area contributed by atoms with Gasteiger partial charge in [-0.15, -0.1) is 0 Å². The van der Waals surface area contributed by atoms with E-state index >= 15 is 0 Å². The second kappa shape index (κ2) is 4.21. The van der Waals surface area contributed by atoms with Gasteiger partial charge >= 0.3 is 11.9 Å². The highest BCUT2D eigenvalue weighted by molar-refractivity contribution is 5.78. The van der Waals surface area contributed by atoms with E-state index in [1.807, 2.05) is 20.8 Å². The Morgan fingerprint density at radius 1 is 1.60 bits per heavy atom. The van der Waals surface area contributed by atoms with Crippen LogP contribution < -0.4 is 0 Å². The predicted molar refractivity (Wildman–Crippen MR) is 54.1 cm³/mol. The SMILES string of the molecule is CCC(C)(C)C(=O)OC1CC(=O)OC1C. The summed E-state index contributed by atoms with van der Waals surface area (Å²) in [7, 11) is 0. The molecule has 1 aliphatic rings. The molecular formula is C11H18O4. The van der Waals surface area contributed by atoms with Crippen molar-refractivity contribution in [3.63, 3.8) is 0 Å². The highest BCUT2D eigenvalue weighted by Crippen LogP contribution is 2.26. The maximum Gasteiger partial charge on any atom is 0.311 e. The maximum absolute atomic E-state index is 11.7. The van der Waals surface area contributed by atoms with Crippen LogP contribution in [0.25, 0.3) is 0 Å². The number of carbonyl (C=O) groups excluding carboxylic acids is 2. The molecule has 0 aromatic rings. The van der Waals surface area contributed by atoms with Gasteiger partial charge in [0.15, 0.2) is 0 Å². The van der Waals surface area contributed by atoms with Crippen LogP contribution in [0.5, 0.6) is 0 Å². The Morgan fingerprint density at radius 3 is 2.60 bits per heavy atom. The van der Waals surface area contributed by atoms with Gasteiger partial charge in [0.05, 0.1) is 11.8 Å². The van der Waals surface area contributed by atoms with E-state index in [1.54, 1.807) is 6.92 Å². The first-order valence-electron chi connectivity index (χ1n) is 5.27. The van der Waals surface area contributed by atoms with Crippen LogP contribution in [0.15, 0.2) is 0 Å². The number of hydrogen-bond donors (Lipinski definition) is 0. The Balaban J connectivity index is 2.56. The quantitative estimate of drug-likeness (QED) is 0.670. The van der Waals surface area contributed by atoms with E-state index in [2.05, 4.69) is 0 Å². The van der Waals surface area contributed by atoms with Gasteiger partial charge in [-0.25, -0.2) is 0 Å². The van der Waals surface area contributed by atoms with Crippen molar-refractivity contribution in [3.05, 3.63) is 0 Å². The topological polar surface area (TPSA) is 52.6 Å². The molecule has 1 fully saturated rings. The molecule has 1 heterocycles. The van der Waals surface area contributed by atoms with Crippen molar-refractivity contribution in [3.8, 4) is 0 Å². The smallest absolute Gasteiger partial charge is 0.311 e. The van der Waals surface area contributed by atoms with E-state index in [0.717, 1.165) is 0 Å².